The Kier molecular flexibility index (Phi) is 5.48. The minimum absolute atomic E-state index is 0.143. The van der Waals surface area contributed by atoms with Crippen LogP contribution in [0.3, 0.4) is 0 Å². The van der Waals surface area contributed by atoms with Crippen molar-refractivity contribution in [3.05, 3.63) is 17.0 Å². The summed E-state index contributed by atoms with van der Waals surface area (Å²) in [4.78, 5) is 11.9. The second kappa shape index (κ2) is 7.13. The lowest BCUT2D eigenvalue weighted by molar-refractivity contribution is -0.121. The molecule has 1 unspecified atom stereocenters. The zero-order valence-electron chi connectivity index (χ0n) is 12.5. The van der Waals surface area contributed by atoms with E-state index in [0.717, 1.165) is 30.2 Å². The lowest BCUT2D eigenvalue weighted by atomic mass is 10.1. The SMILES string of the molecule is Cc1nn(C)c(C)c1CCNC(=O)CC1CSCCN1. The summed E-state index contributed by atoms with van der Waals surface area (Å²) < 4.78 is 1.90. The summed E-state index contributed by atoms with van der Waals surface area (Å²) in [5.74, 6) is 2.33. The van der Waals surface area contributed by atoms with Crippen molar-refractivity contribution in [1.82, 2.24) is 20.4 Å². The topological polar surface area (TPSA) is 59.0 Å². The first-order valence-electron chi connectivity index (χ1n) is 7.15. The van der Waals surface area contributed by atoms with Gasteiger partial charge in [-0.05, 0) is 25.8 Å². The van der Waals surface area contributed by atoms with Gasteiger partial charge in [-0.1, -0.05) is 0 Å². The number of hydrogen-bond acceptors (Lipinski definition) is 4. The van der Waals surface area contributed by atoms with E-state index in [4.69, 9.17) is 0 Å². The number of carbonyl (C=O) groups excluding carboxylic acids is 1. The normalized spacial score (nSPS) is 19.1. The Morgan fingerprint density at radius 2 is 2.35 bits per heavy atom. The first-order valence-corrected chi connectivity index (χ1v) is 8.30. The van der Waals surface area contributed by atoms with E-state index in [-0.39, 0.29) is 5.91 Å². The van der Waals surface area contributed by atoms with Crippen LogP contribution in [-0.4, -0.2) is 46.3 Å². The maximum Gasteiger partial charge on any atom is 0.221 e. The Morgan fingerprint density at radius 3 is 2.95 bits per heavy atom. The van der Waals surface area contributed by atoms with Crippen molar-refractivity contribution in [2.45, 2.75) is 32.7 Å². The molecule has 0 bridgehead atoms. The highest BCUT2D eigenvalue weighted by Crippen LogP contribution is 2.12. The van der Waals surface area contributed by atoms with E-state index >= 15 is 0 Å². The van der Waals surface area contributed by atoms with Crippen LogP contribution in [0.1, 0.15) is 23.4 Å². The second-order valence-electron chi connectivity index (χ2n) is 5.30. The molecule has 0 aromatic carbocycles. The number of nitrogens with zero attached hydrogens (tertiary/aromatic N) is 2. The maximum atomic E-state index is 11.9. The van der Waals surface area contributed by atoms with Gasteiger partial charge in [0.15, 0.2) is 0 Å². The van der Waals surface area contributed by atoms with E-state index in [1.54, 1.807) is 0 Å². The zero-order chi connectivity index (χ0) is 14.5. The fourth-order valence-corrected chi connectivity index (χ4v) is 3.50. The number of nitrogens with one attached hydrogen (secondary N) is 2. The van der Waals surface area contributed by atoms with Gasteiger partial charge in [0, 0.05) is 49.8 Å². The van der Waals surface area contributed by atoms with Crippen LogP contribution >= 0.6 is 11.8 Å². The Morgan fingerprint density at radius 1 is 1.55 bits per heavy atom. The molecule has 5 nitrogen and oxygen atoms in total. The average molecular weight is 296 g/mol. The summed E-state index contributed by atoms with van der Waals surface area (Å²) in [7, 11) is 1.96. The predicted octanol–water partition coefficient (Wildman–Crippen LogP) is 0.791. The van der Waals surface area contributed by atoms with Crippen molar-refractivity contribution in [2.75, 3.05) is 24.6 Å². The number of rotatable bonds is 5. The second-order valence-corrected chi connectivity index (χ2v) is 6.45. The van der Waals surface area contributed by atoms with Crippen molar-refractivity contribution in [2.24, 2.45) is 7.05 Å². The fourth-order valence-electron chi connectivity index (χ4n) is 2.55. The molecule has 0 saturated carbocycles. The van der Waals surface area contributed by atoms with Crippen LogP contribution in [0.2, 0.25) is 0 Å². The molecule has 1 saturated heterocycles. The first kappa shape index (κ1) is 15.4. The molecule has 112 valence electrons. The maximum absolute atomic E-state index is 11.9. The van der Waals surface area contributed by atoms with Crippen molar-refractivity contribution in [1.29, 1.82) is 0 Å². The summed E-state index contributed by atoms with van der Waals surface area (Å²) in [5.41, 5.74) is 3.49. The molecule has 1 atom stereocenters. The molecular formula is C14H24N4OS. The van der Waals surface area contributed by atoms with E-state index in [9.17, 15) is 4.79 Å². The third-order valence-electron chi connectivity index (χ3n) is 3.79. The number of aromatic nitrogens is 2. The van der Waals surface area contributed by atoms with Crippen LogP contribution in [0.15, 0.2) is 0 Å². The monoisotopic (exact) mass is 296 g/mol. The van der Waals surface area contributed by atoms with Gasteiger partial charge in [-0.3, -0.25) is 9.48 Å². The van der Waals surface area contributed by atoms with E-state index in [0.29, 0.717) is 19.0 Å². The van der Waals surface area contributed by atoms with Gasteiger partial charge in [-0.25, -0.2) is 0 Å². The van der Waals surface area contributed by atoms with Gasteiger partial charge < -0.3 is 10.6 Å². The van der Waals surface area contributed by atoms with Crippen LogP contribution in [-0.2, 0) is 18.3 Å². The molecule has 2 rings (SSSR count). The Balaban J connectivity index is 1.73. The van der Waals surface area contributed by atoms with Gasteiger partial charge in [0.2, 0.25) is 5.91 Å². The summed E-state index contributed by atoms with van der Waals surface area (Å²) in [6, 6.07) is 0.329. The van der Waals surface area contributed by atoms with Crippen molar-refractivity contribution < 1.29 is 4.79 Å². The highest BCUT2D eigenvalue weighted by molar-refractivity contribution is 7.99. The quantitative estimate of drug-likeness (QED) is 0.843. The van der Waals surface area contributed by atoms with E-state index in [1.807, 2.05) is 30.4 Å². The number of amides is 1. The Hall–Kier alpha value is -1.01. The predicted molar refractivity (Wildman–Crippen MR) is 83.1 cm³/mol. The molecular weight excluding hydrogens is 272 g/mol. The van der Waals surface area contributed by atoms with E-state index < -0.39 is 0 Å². The van der Waals surface area contributed by atoms with Gasteiger partial charge in [0.05, 0.1) is 5.69 Å². The number of hydrogen-bond donors (Lipinski definition) is 2. The van der Waals surface area contributed by atoms with Crippen LogP contribution < -0.4 is 10.6 Å². The van der Waals surface area contributed by atoms with Gasteiger partial charge in [-0.2, -0.15) is 16.9 Å². The lowest BCUT2D eigenvalue weighted by Crippen LogP contribution is -2.41. The average Bonchev–Trinajstić information content (AvgIpc) is 2.66. The fraction of sp³-hybridized carbons (Fsp3) is 0.714. The molecule has 1 aliphatic heterocycles. The highest BCUT2D eigenvalue weighted by atomic mass is 32.2. The molecule has 1 amide bonds. The van der Waals surface area contributed by atoms with Gasteiger partial charge in [0.1, 0.15) is 0 Å². The van der Waals surface area contributed by atoms with Crippen LogP contribution in [0.4, 0.5) is 0 Å². The molecule has 2 heterocycles. The third kappa shape index (κ3) is 3.99. The standard InChI is InChI=1S/C14H24N4OS/c1-10-13(11(2)18(3)17-10)4-5-16-14(19)8-12-9-20-7-6-15-12/h12,15H,4-9H2,1-3H3,(H,16,19). The first-order chi connectivity index (χ1) is 9.58. The summed E-state index contributed by atoms with van der Waals surface area (Å²) in [6.45, 7) is 5.79. The molecule has 1 aromatic heterocycles. The van der Waals surface area contributed by atoms with Crippen LogP contribution in [0, 0.1) is 13.8 Å². The summed E-state index contributed by atoms with van der Waals surface area (Å²) >= 11 is 1.92. The largest absolute Gasteiger partial charge is 0.356 e. The molecule has 1 aromatic rings. The molecule has 0 aliphatic carbocycles. The lowest BCUT2D eigenvalue weighted by Gasteiger charge is -2.22. The highest BCUT2D eigenvalue weighted by Gasteiger charge is 2.16. The summed E-state index contributed by atoms with van der Waals surface area (Å²) in [5, 5.41) is 10.8. The van der Waals surface area contributed by atoms with E-state index in [2.05, 4.69) is 22.7 Å². The number of carbonyl (C=O) groups is 1. The third-order valence-corrected chi connectivity index (χ3v) is 4.92. The van der Waals surface area contributed by atoms with Crippen molar-refractivity contribution >= 4 is 17.7 Å². The molecule has 20 heavy (non-hydrogen) atoms. The minimum atomic E-state index is 0.143. The molecule has 0 radical (unpaired) electrons. The molecule has 0 spiro atoms. The van der Waals surface area contributed by atoms with Crippen LogP contribution in [0.5, 0.6) is 0 Å². The number of aryl methyl sites for hydroxylation is 2. The molecule has 2 N–H and O–H groups in total. The van der Waals surface area contributed by atoms with Gasteiger partial charge in [-0.15, -0.1) is 0 Å². The van der Waals surface area contributed by atoms with Crippen LogP contribution in [0.25, 0.3) is 0 Å². The van der Waals surface area contributed by atoms with Crippen molar-refractivity contribution in [3.8, 4) is 0 Å². The molecule has 1 aliphatic rings. The minimum Gasteiger partial charge on any atom is -0.356 e. The van der Waals surface area contributed by atoms with Gasteiger partial charge in [0.25, 0.3) is 0 Å². The molecule has 6 heteroatoms. The zero-order valence-corrected chi connectivity index (χ0v) is 13.3. The van der Waals surface area contributed by atoms with E-state index in [1.165, 1.54) is 11.3 Å². The molecule has 1 fully saturated rings. The Bertz CT molecular complexity index is 466. The Labute approximate surface area is 124 Å². The van der Waals surface area contributed by atoms with Crippen molar-refractivity contribution in [3.63, 3.8) is 0 Å². The number of thioether (sulfide) groups is 1. The van der Waals surface area contributed by atoms with Gasteiger partial charge >= 0.3 is 0 Å². The summed E-state index contributed by atoms with van der Waals surface area (Å²) in [6.07, 6.45) is 1.43. The smallest absolute Gasteiger partial charge is 0.221 e.